The first-order valence-electron chi connectivity index (χ1n) is 7.40. The van der Waals surface area contributed by atoms with Gasteiger partial charge < -0.3 is 10.1 Å². The predicted octanol–water partition coefficient (Wildman–Crippen LogP) is 4.64. The van der Waals surface area contributed by atoms with E-state index >= 15 is 0 Å². The lowest BCUT2D eigenvalue weighted by molar-refractivity contribution is 0.136. The smallest absolute Gasteiger partial charge is 0.228 e. The van der Waals surface area contributed by atoms with Crippen LogP contribution in [0, 0.1) is 12.8 Å². The van der Waals surface area contributed by atoms with E-state index in [1.165, 1.54) is 5.56 Å². The van der Waals surface area contributed by atoms with E-state index in [4.69, 9.17) is 4.74 Å². The van der Waals surface area contributed by atoms with Crippen LogP contribution < -0.4 is 10.1 Å². The van der Waals surface area contributed by atoms with Crippen molar-refractivity contribution in [2.45, 2.75) is 19.4 Å². The lowest BCUT2D eigenvalue weighted by Crippen LogP contribution is -2.22. The van der Waals surface area contributed by atoms with E-state index in [-0.39, 0.29) is 6.10 Å². The number of nitrogens with one attached hydrogen (secondary N) is 1. The van der Waals surface area contributed by atoms with E-state index < -0.39 is 0 Å². The number of ether oxygens (including phenoxy) is 1. The Labute approximate surface area is 147 Å². The molecule has 1 N–H and O–H groups in total. The van der Waals surface area contributed by atoms with Crippen molar-refractivity contribution < 1.29 is 4.74 Å². The standard InChI is InChI=1S/C17H18Br2N2O/c1-11-14(18)9-15(19)17(21-11)22-16(13-7-8-20-10-13)12-5-3-2-4-6-12/h2-6,9,13,16,20H,7-8,10H2,1H3. The second-order valence-corrected chi connectivity index (χ2v) is 7.25. The molecule has 3 rings (SSSR count). The number of halogens is 2. The molecular formula is C17H18Br2N2O. The van der Waals surface area contributed by atoms with E-state index in [0.717, 1.165) is 34.1 Å². The monoisotopic (exact) mass is 424 g/mol. The van der Waals surface area contributed by atoms with Crippen LogP contribution in [-0.4, -0.2) is 18.1 Å². The number of rotatable bonds is 4. The van der Waals surface area contributed by atoms with Gasteiger partial charge in [-0.2, -0.15) is 0 Å². The number of aromatic nitrogens is 1. The van der Waals surface area contributed by atoms with Crippen molar-refractivity contribution in [1.82, 2.24) is 10.3 Å². The van der Waals surface area contributed by atoms with Crippen molar-refractivity contribution >= 4 is 31.9 Å². The van der Waals surface area contributed by atoms with Gasteiger partial charge >= 0.3 is 0 Å². The van der Waals surface area contributed by atoms with Gasteiger partial charge in [0.2, 0.25) is 5.88 Å². The molecule has 2 unspecified atom stereocenters. The van der Waals surface area contributed by atoms with E-state index in [2.05, 4.69) is 66.4 Å². The molecule has 5 heteroatoms. The third-order valence-electron chi connectivity index (χ3n) is 3.97. The second-order valence-electron chi connectivity index (χ2n) is 5.54. The molecule has 0 bridgehead atoms. The van der Waals surface area contributed by atoms with Crippen LogP contribution in [0.5, 0.6) is 5.88 Å². The number of nitrogens with zero attached hydrogens (tertiary/aromatic N) is 1. The molecule has 1 saturated heterocycles. The van der Waals surface area contributed by atoms with Gasteiger partial charge in [-0.25, -0.2) is 4.98 Å². The van der Waals surface area contributed by atoms with Crippen molar-refractivity contribution in [3.8, 4) is 5.88 Å². The number of pyridine rings is 1. The zero-order valence-electron chi connectivity index (χ0n) is 12.4. The van der Waals surface area contributed by atoms with Gasteiger partial charge in [-0.05, 0) is 63.4 Å². The molecule has 2 atom stereocenters. The Morgan fingerprint density at radius 2 is 2.00 bits per heavy atom. The van der Waals surface area contributed by atoms with Gasteiger partial charge in [-0.15, -0.1) is 0 Å². The maximum Gasteiger partial charge on any atom is 0.228 e. The maximum absolute atomic E-state index is 6.33. The second kappa shape index (κ2) is 7.11. The predicted molar refractivity (Wildman–Crippen MR) is 95.2 cm³/mol. The molecular weight excluding hydrogens is 408 g/mol. The zero-order chi connectivity index (χ0) is 15.5. The quantitative estimate of drug-likeness (QED) is 0.774. The summed E-state index contributed by atoms with van der Waals surface area (Å²) in [5.41, 5.74) is 2.13. The molecule has 0 radical (unpaired) electrons. The molecule has 0 aliphatic carbocycles. The van der Waals surface area contributed by atoms with Crippen molar-refractivity contribution in [3.63, 3.8) is 0 Å². The summed E-state index contributed by atoms with van der Waals surface area (Å²) in [7, 11) is 0. The largest absolute Gasteiger partial charge is 0.468 e. The molecule has 2 aromatic rings. The third kappa shape index (κ3) is 3.53. The fourth-order valence-corrected chi connectivity index (χ4v) is 3.79. The number of hydrogen-bond donors (Lipinski definition) is 1. The highest BCUT2D eigenvalue weighted by atomic mass is 79.9. The molecule has 3 nitrogen and oxygen atoms in total. The Kier molecular flexibility index (Phi) is 5.16. The van der Waals surface area contributed by atoms with E-state index in [1.807, 2.05) is 19.1 Å². The number of aryl methyl sites for hydroxylation is 1. The third-order valence-corrected chi connectivity index (χ3v) is 5.34. The molecule has 1 aliphatic rings. The Bertz CT molecular complexity index is 643. The van der Waals surface area contributed by atoms with Crippen LogP contribution in [0.2, 0.25) is 0 Å². The normalized spacial score (nSPS) is 19.1. The molecule has 0 amide bonds. The molecule has 1 aromatic carbocycles. The van der Waals surface area contributed by atoms with Gasteiger partial charge in [0.15, 0.2) is 0 Å². The summed E-state index contributed by atoms with van der Waals surface area (Å²) in [6.45, 7) is 4.00. The molecule has 116 valence electrons. The lowest BCUT2D eigenvalue weighted by Gasteiger charge is -2.25. The van der Waals surface area contributed by atoms with Gasteiger partial charge in [-0.1, -0.05) is 30.3 Å². The SMILES string of the molecule is Cc1nc(OC(c2ccccc2)C2CCNC2)c(Br)cc1Br. The maximum atomic E-state index is 6.33. The highest BCUT2D eigenvalue weighted by Crippen LogP contribution is 2.35. The Hall–Kier alpha value is -0.910. The van der Waals surface area contributed by atoms with Crippen molar-refractivity contribution in [2.75, 3.05) is 13.1 Å². The van der Waals surface area contributed by atoms with Crippen molar-refractivity contribution in [2.24, 2.45) is 5.92 Å². The molecule has 2 heterocycles. The number of benzene rings is 1. The first kappa shape index (κ1) is 16.0. The van der Waals surface area contributed by atoms with Crippen LogP contribution in [0.3, 0.4) is 0 Å². The Morgan fingerprint density at radius 1 is 1.23 bits per heavy atom. The van der Waals surface area contributed by atoms with Crippen molar-refractivity contribution in [1.29, 1.82) is 0 Å². The Morgan fingerprint density at radius 3 is 2.68 bits per heavy atom. The van der Waals surface area contributed by atoms with Crippen LogP contribution in [0.4, 0.5) is 0 Å². The molecule has 1 fully saturated rings. The van der Waals surface area contributed by atoms with Crippen LogP contribution in [0.15, 0.2) is 45.3 Å². The summed E-state index contributed by atoms with van der Waals surface area (Å²) in [5, 5.41) is 3.42. The first-order valence-corrected chi connectivity index (χ1v) is 8.98. The summed E-state index contributed by atoms with van der Waals surface area (Å²) in [5.74, 6) is 1.11. The fourth-order valence-electron chi connectivity index (χ4n) is 2.75. The van der Waals surface area contributed by atoms with E-state index in [1.54, 1.807) is 0 Å². The highest BCUT2D eigenvalue weighted by Gasteiger charge is 2.29. The van der Waals surface area contributed by atoms with E-state index in [0.29, 0.717) is 11.8 Å². The van der Waals surface area contributed by atoms with Gasteiger partial charge in [-0.3, -0.25) is 0 Å². The summed E-state index contributed by atoms with van der Waals surface area (Å²) in [4.78, 5) is 4.57. The molecule has 1 aromatic heterocycles. The van der Waals surface area contributed by atoms with Gasteiger partial charge in [0.05, 0.1) is 10.2 Å². The lowest BCUT2D eigenvalue weighted by atomic mass is 9.95. The van der Waals surface area contributed by atoms with Crippen LogP contribution in [0.25, 0.3) is 0 Å². The number of hydrogen-bond acceptors (Lipinski definition) is 3. The van der Waals surface area contributed by atoms with E-state index in [9.17, 15) is 0 Å². The molecule has 1 aliphatic heterocycles. The minimum Gasteiger partial charge on any atom is -0.468 e. The van der Waals surface area contributed by atoms with Gasteiger partial charge in [0.1, 0.15) is 6.10 Å². The van der Waals surface area contributed by atoms with Gasteiger partial charge in [0, 0.05) is 16.9 Å². The summed E-state index contributed by atoms with van der Waals surface area (Å²) < 4.78 is 8.18. The van der Waals surface area contributed by atoms with Crippen LogP contribution in [-0.2, 0) is 0 Å². The van der Waals surface area contributed by atoms with Gasteiger partial charge in [0.25, 0.3) is 0 Å². The average molecular weight is 426 g/mol. The highest BCUT2D eigenvalue weighted by molar-refractivity contribution is 9.11. The first-order chi connectivity index (χ1) is 10.6. The summed E-state index contributed by atoms with van der Waals surface area (Å²) >= 11 is 7.06. The average Bonchev–Trinajstić information content (AvgIpc) is 3.04. The summed E-state index contributed by atoms with van der Waals surface area (Å²) in [6.07, 6.45) is 1.13. The topological polar surface area (TPSA) is 34.1 Å². The van der Waals surface area contributed by atoms with Crippen LogP contribution >= 0.6 is 31.9 Å². The minimum absolute atomic E-state index is 0.0144. The van der Waals surface area contributed by atoms with Crippen LogP contribution in [0.1, 0.15) is 23.8 Å². The minimum atomic E-state index is 0.0144. The van der Waals surface area contributed by atoms with Crippen molar-refractivity contribution in [3.05, 3.63) is 56.6 Å². The fraction of sp³-hybridized carbons (Fsp3) is 0.353. The molecule has 0 spiro atoms. The summed E-state index contributed by atoms with van der Waals surface area (Å²) in [6, 6.07) is 12.4. The zero-order valence-corrected chi connectivity index (χ0v) is 15.5. The Balaban J connectivity index is 1.92. The molecule has 0 saturated carbocycles. The molecule has 22 heavy (non-hydrogen) atoms.